The Morgan fingerprint density at radius 3 is 2.57 bits per heavy atom. The van der Waals surface area contributed by atoms with Gasteiger partial charge < -0.3 is 5.11 Å². The van der Waals surface area contributed by atoms with Crippen molar-refractivity contribution in [1.29, 1.82) is 0 Å². The summed E-state index contributed by atoms with van der Waals surface area (Å²) in [7, 11) is 0. The van der Waals surface area contributed by atoms with Gasteiger partial charge in [-0.15, -0.1) is 0 Å². The molecule has 0 aliphatic rings. The fraction of sp³-hybridized carbons (Fsp3) is 0.125. The topological polar surface area (TPSA) is 46.0 Å². The lowest BCUT2D eigenvalue weighted by molar-refractivity contribution is 0.172. The molecule has 1 heterocycles. The Kier molecular flexibility index (Phi) is 3.58. The largest absolute Gasteiger partial charge is 0.386 e. The van der Waals surface area contributed by atoms with Crippen molar-refractivity contribution < 1.29 is 13.9 Å². The lowest BCUT2D eigenvalue weighted by Crippen LogP contribution is -2.07. The number of para-hydroxylation sites is 2. The molecule has 0 spiro atoms. The summed E-state index contributed by atoms with van der Waals surface area (Å²) in [5.41, 5.74) is 1.80. The molecular weight excluding hydrogens is 274 g/mol. The first-order valence-electron chi connectivity index (χ1n) is 6.48. The van der Waals surface area contributed by atoms with Gasteiger partial charge in [-0.05, 0) is 23.8 Å². The molecule has 0 fully saturated rings. The summed E-state index contributed by atoms with van der Waals surface area (Å²) in [6.45, 7) is 0. The Bertz CT molecular complexity index is 792. The molecule has 0 aliphatic carbocycles. The number of fused-ring (bicyclic) bond motifs is 1. The van der Waals surface area contributed by atoms with Crippen LogP contribution in [0.2, 0.25) is 0 Å². The van der Waals surface area contributed by atoms with E-state index in [2.05, 4.69) is 9.97 Å². The molecule has 0 saturated heterocycles. The van der Waals surface area contributed by atoms with Gasteiger partial charge in [0.15, 0.2) is 11.6 Å². The van der Waals surface area contributed by atoms with Crippen molar-refractivity contribution in [3.63, 3.8) is 0 Å². The molecule has 0 radical (unpaired) electrons. The highest BCUT2D eigenvalue weighted by Gasteiger charge is 2.15. The van der Waals surface area contributed by atoms with E-state index in [9.17, 15) is 13.9 Å². The van der Waals surface area contributed by atoms with E-state index in [0.717, 1.165) is 6.07 Å². The van der Waals surface area contributed by atoms with E-state index >= 15 is 0 Å². The maximum atomic E-state index is 13.6. The summed E-state index contributed by atoms with van der Waals surface area (Å²) < 4.78 is 26.8. The Morgan fingerprint density at radius 2 is 1.76 bits per heavy atom. The highest BCUT2D eigenvalue weighted by Crippen LogP contribution is 2.21. The van der Waals surface area contributed by atoms with Crippen LogP contribution in [-0.4, -0.2) is 15.1 Å². The molecule has 1 aromatic heterocycles. The summed E-state index contributed by atoms with van der Waals surface area (Å²) in [5.74, 6) is -1.87. The number of hydrogen-bond acceptors (Lipinski definition) is 3. The summed E-state index contributed by atoms with van der Waals surface area (Å²) >= 11 is 0. The minimum absolute atomic E-state index is 0.0589. The third-order valence-electron chi connectivity index (χ3n) is 3.25. The van der Waals surface area contributed by atoms with Gasteiger partial charge in [0.05, 0.1) is 22.9 Å². The van der Waals surface area contributed by atoms with Crippen molar-refractivity contribution in [3.8, 4) is 0 Å². The van der Waals surface area contributed by atoms with Gasteiger partial charge in [-0.25, -0.2) is 13.8 Å². The first-order chi connectivity index (χ1) is 10.1. The fourth-order valence-electron chi connectivity index (χ4n) is 2.15. The van der Waals surface area contributed by atoms with E-state index in [4.69, 9.17) is 0 Å². The Labute approximate surface area is 119 Å². The maximum absolute atomic E-state index is 13.6. The van der Waals surface area contributed by atoms with Gasteiger partial charge in [-0.3, -0.25) is 4.98 Å². The van der Waals surface area contributed by atoms with Crippen LogP contribution in [0, 0.1) is 11.6 Å². The quantitative estimate of drug-likeness (QED) is 0.804. The zero-order chi connectivity index (χ0) is 14.8. The smallest absolute Gasteiger partial charge is 0.162 e. The van der Waals surface area contributed by atoms with Gasteiger partial charge in [0.25, 0.3) is 0 Å². The predicted molar refractivity (Wildman–Crippen MR) is 74.6 cm³/mol. The van der Waals surface area contributed by atoms with Gasteiger partial charge in [-0.2, -0.15) is 0 Å². The molecule has 3 rings (SSSR count). The summed E-state index contributed by atoms with van der Waals surface area (Å²) in [6.07, 6.45) is 0.347. The number of benzene rings is 2. The number of nitrogens with zero attached hydrogens (tertiary/aromatic N) is 2. The van der Waals surface area contributed by atoms with Crippen molar-refractivity contribution >= 4 is 11.0 Å². The maximum Gasteiger partial charge on any atom is 0.162 e. The van der Waals surface area contributed by atoms with E-state index in [0.29, 0.717) is 16.7 Å². The second kappa shape index (κ2) is 5.54. The zero-order valence-electron chi connectivity index (χ0n) is 11.0. The average Bonchev–Trinajstić information content (AvgIpc) is 2.51. The molecule has 106 valence electrons. The molecule has 3 aromatic rings. The summed E-state index contributed by atoms with van der Waals surface area (Å²) in [4.78, 5) is 8.49. The van der Waals surface area contributed by atoms with Crippen LogP contribution in [0.3, 0.4) is 0 Å². The van der Waals surface area contributed by atoms with Crippen LogP contribution < -0.4 is 0 Å². The molecule has 0 aliphatic heterocycles. The van der Waals surface area contributed by atoms with Gasteiger partial charge in [0.2, 0.25) is 0 Å². The molecule has 1 atom stereocenters. The van der Waals surface area contributed by atoms with Crippen LogP contribution in [0.15, 0.2) is 48.7 Å². The normalized spacial score (nSPS) is 12.5. The Hall–Kier alpha value is -2.40. The van der Waals surface area contributed by atoms with Crippen molar-refractivity contribution in [2.75, 3.05) is 0 Å². The van der Waals surface area contributed by atoms with Crippen LogP contribution >= 0.6 is 0 Å². The second-order valence-corrected chi connectivity index (χ2v) is 4.72. The van der Waals surface area contributed by atoms with Crippen LogP contribution in [0.1, 0.15) is 17.4 Å². The van der Waals surface area contributed by atoms with E-state index in [1.165, 1.54) is 18.3 Å². The number of aromatic nitrogens is 2. The Morgan fingerprint density at radius 1 is 1.00 bits per heavy atom. The number of rotatable bonds is 3. The van der Waals surface area contributed by atoms with Crippen LogP contribution in [0.4, 0.5) is 8.78 Å². The molecule has 1 N–H and O–H groups in total. The second-order valence-electron chi connectivity index (χ2n) is 4.72. The lowest BCUT2D eigenvalue weighted by Gasteiger charge is -2.11. The van der Waals surface area contributed by atoms with Gasteiger partial charge >= 0.3 is 0 Å². The van der Waals surface area contributed by atoms with Crippen molar-refractivity contribution in [1.82, 2.24) is 9.97 Å². The van der Waals surface area contributed by atoms with E-state index < -0.39 is 17.7 Å². The van der Waals surface area contributed by atoms with Crippen LogP contribution in [0.5, 0.6) is 0 Å². The number of hydrogen-bond donors (Lipinski definition) is 1. The van der Waals surface area contributed by atoms with Crippen molar-refractivity contribution in [2.45, 2.75) is 12.5 Å². The Balaban J connectivity index is 1.89. The standard InChI is InChI=1S/C16H12F2N2O/c17-11-5-3-4-10(16(11)18)8-15(21)14-9-19-12-6-1-2-7-13(12)20-14/h1-7,9,15,21H,8H2. The predicted octanol–water partition coefficient (Wildman–Crippen LogP) is 3.18. The van der Waals surface area contributed by atoms with Gasteiger partial charge in [0, 0.05) is 6.42 Å². The third-order valence-corrected chi connectivity index (χ3v) is 3.25. The molecule has 5 heteroatoms. The molecule has 3 nitrogen and oxygen atoms in total. The van der Waals surface area contributed by atoms with Crippen molar-refractivity contribution in [3.05, 3.63) is 71.6 Å². The average molecular weight is 286 g/mol. The monoisotopic (exact) mass is 286 g/mol. The first kappa shape index (κ1) is 13.6. The highest BCUT2D eigenvalue weighted by molar-refractivity contribution is 5.73. The lowest BCUT2D eigenvalue weighted by atomic mass is 10.0. The fourth-order valence-corrected chi connectivity index (χ4v) is 2.15. The summed E-state index contributed by atoms with van der Waals surface area (Å²) in [5, 5.41) is 10.2. The number of halogens is 2. The SMILES string of the molecule is OC(Cc1cccc(F)c1F)c1cnc2ccccc2n1. The third kappa shape index (κ3) is 2.73. The zero-order valence-corrected chi connectivity index (χ0v) is 11.0. The van der Waals surface area contributed by atoms with Gasteiger partial charge in [0.1, 0.15) is 6.10 Å². The number of aliphatic hydroxyl groups excluding tert-OH is 1. The first-order valence-corrected chi connectivity index (χ1v) is 6.48. The van der Waals surface area contributed by atoms with Crippen LogP contribution in [0.25, 0.3) is 11.0 Å². The number of aliphatic hydroxyl groups is 1. The molecule has 1 unspecified atom stereocenters. The molecule has 0 bridgehead atoms. The molecule has 2 aromatic carbocycles. The van der Waals surface area contributed by atoms with Crippen LogP contribution in [-0.2, 0) is 6.42 Å². The van der Waals surface area contributed by atoms with E-state index in [1.54, 1.807) is 6.07 Å². The molecule has 0 saturated carbocycles. The summed E-state index contributed by atoms with van der Waals surface area (Å²) in [6, 6.07) is 11.1. The highest BCUT2D eigenvalue weighted by atomic mass is 19.2. The molecule has 21 heavy (non-hydrogen) atoms. The molecule has 0 amide bonds. The van der Waals surface area contributed by atoms with E-state index in [1.807, 2.05) is 18.2 Å². The van der Waals surface area contributed by atoms with Crippen molar-refractivity contribution in [2.24, 2.45) is 0 Å². The molecular formula is C16H12F2N2O. The minimum Gasteiger partial charge on any atom is -0.386 e. The van der Waals surface area contributed by atoms with E-state index in [-0.39, 0.29) is 12.0 Å². The minimum atomic E-state index is -1.04. The van der Waals surface area contributed by atoms with Gasteiger partial charge in [-0.1, -0.05) is 24.3 Å².